The summed E-state index contributed by atoms with van der Waals surface area (Å²) in [6.45, 7) is 0.0167. The third-order valence-electron chi connectivity index (χ3n) is 4.08. The number of esters is 1. The quantitative estimate of drug-likeness (QED) is 0.728. The van der Waals surface area contributed by atoms with Crippen LogP contribution in [0.4, 0.5) is 5.69 Å². The highest BCUT2D eigenvalue weighted by Crippen LogP contribution is 2.34. The molecular formula is C18H18N2O6S2. The maximum absolute atomic E-state index is 12.6. The SMILES string of the molecule is COc1ccc(S(N)(=O)=O)cc1C(=O)OCC(=O)N1CCSc2ccccc21. The van der Waals surface area contributed by atoms with Crippen molar-refractivity contribution in [2.24, 2.45) is 5.14 Å². The fraction of sp³-hybridized carbons (Fsp3) is 0.222. The molecule has 2 aromatic carbocycles. The summed E-state index contributed by atoms with van der Waals surface area (Å²) in [5.41, 5.74) is 0.644. The Morgan fingerprint density at radius 1 is 1.21 bits per heavy atom. The first kappa shape index (κ1) is 20.2. The summed E-state index contributed by atoms with van der Waals surface area (Å²) in [5.74, 6) is -0.399. The molecule has 1 aliphatic rings. The zero-order chi connectivity index (χ0) is 20.3. The number of methoxy groups -OCH3 is 1. The number of para-hydroxylation sites is 1. The number of benzene rings is 2. The summed E-state index contributed by atoms with van der Waals surface area (Å²) in [6.07, 6.45) is 0. The molecule has 28 heavy (non-hydrogen) atoms. The monoisotopic (exact) mass is 422 g/mol. The van der Waals surface area contributed by atoms with Gasteiger partial charge in [0.1, 0.15) is 11.3 Å². The molecule has 1 amide bonds. The van der Waals surface area contributed by atoms with Crippen LogP contribution in [0.1, 0.15) is 10.4 Å². The number of anilines is 1. The van der Waals surface area contributed by atoms with Crippen molar-refractivity contribution in [3.05, 3.63) is 48.0 Å². The van der Waals surface area contributed by atoms with Gasteiger partial charge in [0.25, 0.3) is 5.91 Å². The Balaban J connectivity index is 1.75. The molecule has 0 saturated carbocycles. The molecule has 148 valence electrons. The van der Waals surface area contributed by atoms with Crippen LogP contribution in [-0.2, 0) is 19.6 Å². The van der Waals surface area contributed by atoms with E-state index in [0.717, 1.165) is 22.4 Å². The van der Waals surface area contributed by atoms with Gasteiger partial charge in [-0.1, -0.05) is 12.1 Å². The van der Waals surface area contributed by atoms with Crippen LogP contribution in [0.2, 0.25) is 0 Å². The van der Waals surface area contributed by atoms with Gasteiger partial charge in [-0.3, -0.25) is 4.79 Å². The van der Waals surface area contributed by atoms with Gasteiger partial charge >= 0.3 is 5.97 Å². The van der Waals surface area contributed by atoms with Gasteiger partial charge in [-0.25, -0.2) is 18.4 Å². The molecule has 0 saturated heterocycles. The summed E-state index contributed by atoms with van der Waals surface area (Å²) >= 11 is 1.65. The number of nitrogens with two attached hydrogens (primary N) is 1. The predicted molar refractivity (Wildman–Crippen MR) is 104 cm³/mol. The summed E-state index contributed by atoms with van der Waals surface area (Å²) in [4.78, 5) is 27.3. The Morgan fingerprint density at radius 2 is 1.96 bits per heavy atom. The standard InChI is InChI=1S/C18H18N2O6S2/c1-25-15-7-6-12(28(19,23)24)10-13(15)18(22)26-11-17(21)20-8-9-27-16-5-3-2-4-14(16)20/h2-7,10H,8-9,11H2,1H3,(H2,19,23,24). The number of amides is 1. The van der Waals surface area contributed by atoms with Crippen molar-refractivity contribution in [3.63, 3.8) is 0 Å². The zero-order valence-corrected chi connectivity index (χ0v) is 16.6. The maximum Gasteiger partial charge on any atom is 0.342 e. The van der Waals surface area contributed by atoms with Gasteiger partial charge in [-0.05, 0) is 30.3 Å². The first-order chi connectivity index (χ1) is 13.3. The average Bonchev–Trinajstić information content (AvgIpc) is 2.70. The Bertz CT molecular complexity index is 1020. The Labute approximate surface area is 166 Å². The molecule has 2 aromatic rings. The second-order valence-corrected chi connectivity index (χ2v) is 8.54. The maximum atomic E-state index is 12.6. The normalized spacial score (nSPS) is 13.6. The first-order valence-corrected chi connectivity index (χ1v) is 10.7. The van der Waals surface area contributed by atoms with Gasteiger partial charge in [-0.2, -0.15) is 0 Å². The molecule has 0 fully saturated rings. The van der Waals surface area contributed by atoms with E-state index in [2.05, 4.69) is 0 Å². The fourth-order valence-corrected chi connectivity index (χ4v) is 4.27. The molecular weight excluding hydrogens is 404 g/mol. The minimum atomic E-state index is -4.01. The van der Waals surface area contributed by atoms with Gasteiger partial charge in [-0.15, -0.1) is 11.8 Å². The number of hydrogen-bond donors (Lipinski definition) is 1. The van der Waals surface area contributed by atoms with Crippen LogP contribution in [0.3, 0.4) is 0 Å². The van der Waals surface area contributed by atoms with Crippen LogP contribution in [0.25, 0.3) is 0 Å². The molecule has 2 N–H and O–H groups in total. The van der Waals surface area contributed by atoms with Crippen LogP contribution in [0.5, 0.6) is 5.75 Å². The number of carbonyl (C=O) groups is 2. The lowest BCUT2D eigenvalue weighted by atomic mass is 10.2. The lowest BCUT2D eigenvalue weighted by Gasteiger charge is -2.28. The molecule has 0 unspecified atom stereocenters. The van der Waals surface area contributed by atoms with Crippen molar-refractivity contribution in [2.75, 3.05) is 30.9 Å². The molecule has 0 aromatic heterocycles. The molecule has 1 heterocycles. The molecule has 1 aliphatic heterocycles. The zero-order valence-electron chi connectivity index (χ0n) is 15.0. The predicted octanol–water partition coefficient (Wildman–Crippen LogP) is 1.64. The van der Waals surface area contributed by atoms with E-state index in [9.17, 15) is 18.0 Å². The minimum Gasteiger partial charge on any atom is -0.496 e. The smallest absolute Gasteiger partial charge is 0.342 e. The molecule has 0 aliphatic carbocycles. The van der Waals surface area contributed by atoms with E-state index in [0.29, 0.717) is 6.54 Å². The average molecular weight is 422 g/mol. The molecule has 0 radical (unpaired) electrons. The van der Waals surface area contributed by atoms with Crippen LogP contribution < -0.4 is 14.8 Å². The van der Waals surface area contributed by atoms with E-state index >= 15 is 0 Å². The van der Waals surface area contributed by atoms with Crippen LogP contribution in [-0.4, -0.2) is 46.3 Å². The van der Waals surface area contributed by atoms with Crippen LogP contribution in [0, 0.1) is 0 Å². The number of hydrogen-bond acceptors (Lipinski definition) is 7. The van der Waals surface area contributed by atoms with Crippen molar-refractivity contribution in [1.82, 2.24) is 0 Å². The Hall–Kier alpha value is -2.56. The molecule has 8 nitrogen and oxygen atoms in total. The van der Waals surface area contributed by atoms with Crippen molar-refractivity contribution < 1.29 is 27.5 Å². The minimum absolute atomic E-state index is 0.115. The van der Waals surface area contributed by atoms with Gasteiger partial charge in [0, 0.05) is 17.2 Å². The van der Waals surface area contributed by atoms with E-state index in [1.165, 1.54) is 19.2 Å². The highest BCUT2D eigenvalue weighted by atomic mass is 32.2. The van der Waals surface area contributed by atoms with Gasteiger partial charge in [0.05, 0.1) is 17.7 Å². The number of ether oxygens (including phenoxy) is 2. The van der Waals surface area contributed by atoms with E-state index < -0.39 is 22.6 Å². The molecule has 0 atom stereocenters. The second-order valence-electron chi connectivity index (χ2n) is 5.84. The van der Waals surface area contributed by atoms with Gasteiger partial charge in [0.2, 0.25) is 10.0 Å². The number of sulfonamides is 1. The van der Waals surface area contributed by atoms with Crippen molar-refractivity contribution in [2.45, 2.75) is 9.79 Å². The van der Waals surface area contributed by atoms with Gasteiger partial charge in [0.15, 0.2) is 6.61 Å². The fourth-order valence-electron chi connectivity index (χ4n) is 2.74. The summed E-state index contributed by atoms with van der Waals surface area (Å²) < 4.78 is 33.2. The van der Waals surface area contributed by atoms with E-state index in [1.54, 1.807) is 16.7 Å². The highest BCUT2D eigenvalue weighted by Gasteiger charge is 2.25. The molecule has 0 spiro atoms. The van der Waals surface area contributed by atoms with Crippen molar-refractivity contribution in [3.8, 4) is 5.75 Å². The first-order valence-electron chi connectivity index (χ1n) is 8.21. The van der Waals surface area contributed by atoms with Crippen LogP contribution >= 0.6 is 11.8 Å². The number of carbonyl (C=O) groups excluding carboxylic acids is 2. The largest absolute Gasteiger partial charge is 0.496 e. The number of thioether (sulfide) groups is 1. The number of nitrogens with zero attached hydrogens (tertiary/aromatic N) is 1. The Morgan fingerprint density at radius 3 is 2.68 bits per heavy atom. The van der Waals surface area contributed by atoms with E-state index in [1.807, 2.05) is 24.3 Å². The number of rotatable bonds is 5. The highest BCUT2D eigenvalue weighted by molar-refractivity contribution is 7.99. The molecule has 3 rings (SSSR count). The molecule has 10 heteroatoms. The Kier molecular flexibility index (Phi) is 5.92. The van der Waals surface area contributed by atoms with Crippen LogP contribution in [0.15, 0.2) is 52.3 Å². The lowest BCUT2D eigenvalue weighted by molar-refractivity contribution is -0.121. The summed E-state index contributed by atoms with van der Waals surface area (Å²) in [5, 5.41) is 5.10. The summed E-state index contributed by atoms with van der Waals surface area (Å²) in [7, 11) is -2.68. The van der Waals surface area contributed by atoms with Gasteiger partial charge < -0.3 is 14.4 Å². The second kappa shape index (κ2) is 8.21. The topological polar surface area (TPSA) is 116 Å². The van der Waals surface area contributed by atoms with Crippen molar-refractivity contribution >= 4 is 39.3 Å². The molecule has 0 bridgehead atoms. The lowest BCUT2D eigenvalue weighted by Crippen LogP contribution is -2.38. The third kappa shape index (κ3) is 4.29. The number of fused-ring (bicyclic) bond motifs is 1. The summed E-state index contributed by atoms with van der Waals surface area (Å²) in [6, 6.07) is 11.1. The number of primary sulfonamides is 1. The third-order valence-corrected chi connectivity index (χ3v) is 6.03. The van der Waals surface area contributed by atoms with E-state index in [-0.39, 0.29) is 22.1 Å². The van der Waals surface area contributed by atoms with E-state index in [4.69, 9.17) is 14.6 Å². The van der Waals surface area contributed by atoms with Crippen molar-refractivity contribution in [1.29, 1.82) is 0 Å².